The maximum atomic E-state index is 11.2. The molecule has 0 unspecified atom stereocenters. The largest absolute Gasteiger partial charge is 0.426 e. The van der Waals surface area contributed by atoms with Crippen LogP contribution >= 0.6 is 0 Å². The lowest BCUT2D eigenvalue weighted by molar-refractivity contribution is -0.132. The second-order valence-electron chi connectivity index (χ2n) is 2.93. The van der Waals surface area contributed by atoms with Gasteiger partial charge in [-0.1, -0.05) is 6.07 Å². The molecule has 0 aliphatic rings. The van der Waals surface area contributed by atoms with Crippen molar-refractivity contribution in [3.05, 3.63) is 24.3 Å². The number of esters is 1. The molecule has 0 spiro atoms. The summed E-state index contributed by atoms with van der Waals surface area (Å²) < 4.78 is 27.1. The molecule has 1 aromatic carbocycles. The summed E-state index contributed by atoms with van der Waals surface area (Å²) >= 11 is 0. The molecule has 0 atom stereocenters. The van der Waals surface area contributed by atoms with Crippen LogP contribution in [0.4, 0.5) is 0 Å². The summed E-state index contributed by atoms with van der Waals surface area (Å²) in [6.45, 7) is -0.247. The van der Waals surface area contributed by atoms with Crippen LogP contribution in [0.25, 0.3) is 0 Å². The van der Waals surface area contributed by atoms with Crippen LogP contribution in [0.1, 0.15) is 0 Å². The van der Waals surface area contributed by atoms with Crippen LogP contribution in [0.5, 0.6) is 5.75 Å². The molecule has 5 nitrogen and oxygen atoms in total. The van der Waals surface area contributed by atoms with Gasteiger partial charge in [-0.05, 0) is 18.2 Å². The quantitative estimate of drug-likeness (QED) is 0.580. The van der Waals surface area contributed by atoms with Gasteiger partial charge < -0.3 is 10.5 Å². The number of rotatable bonds is 3. The SMILES string of the molecule is CS(=O)(=O)c1cccc(OC(=O)CN)c1. The second-order valence-corrected chi connectivity index (χ2v) is 4.94. The first-order chi connectivity index (χ1) is 6.93. The van der Waals surface area contributed by atoms with Crippen LogP contribution in [-0.4, -0.2) is 27.2 Å². The van der Waals surface area contributed by atoms with E-state index in [4.69, 9.17) is 10.5 Å². The Balaban J connectivity index is 2.99. The number of benzene rings is 1. The molecule has 0 aliphatic carbocycles. The third kappa shape index (κ3) is 3.34. The number of carbonyl (C=O) groups is 1. The maximum Gasteiger partial charge on any atom is 0.325 e. The molecule has 0 saturated heterocycles. The first-order valence-corrected chi connectivity index (χ1v) is 6.03. The van der Waals surface area contributed by atoms with Gasteiger partial charge in [-0.15, -0.1) is 0 Å². The van der Waals surface area contributed by atoms with Gasteiger partial charge in [-0.2, -0.15) is 0 Å². The predicted molar refractivity (Wildman–Crippen MR) is 54.2 cm³/mol. The van der Waals surface area contributed by atoms with Crippen molar-refractivity contribution in [2.24, 2.45) is 5.73 Å². The lowest BCUT2D eigenvalue weighted by Gasteiger charge is -2.03. The Morgan fingerprint density at radius 3 is 2.67 bits per heavy atom. The van der Waals surface area contributed by atoms with Crippen LogP contribution < -0.4 is 10.5 Å². The fourth-order valence-corrected chi connectivity index (χ4v) is 1.60. The third-order valence-corrected chi connectivity index (χ3v) is 2.74. The summed E-state index contributed by atoms with van der Waals surface area (Å²) in [5.41, 5.74) is 5.05. The van der Waals surface area contributed by atoms with Crippen molar-refractivity contribution in [3.8, 4) is 5.75 Å². The van der Waals surface area contributed by atoms with Crippen molar-refractivity contribution in [2.45, 2.75) is 4.90 Å². The first kappa shape index (κ1) is 11.7. The Labute approximate surface area is 87.8 Å². The molecule has 6 heteroatoms. The average Bonchev–Trinajstić information content (AvgIpc) is 2.17. The van der Waals surface area contributed by atoms with Crippen molar-refractivity contribution in [3.63, 3.8) is 0 Å². The molecule has 0 bridgehead atoms. The van der Waals surface area contributed by atoms with Crippen LogP contribution in [0.15, 0.2) is 29.2 Å². The summed E-state index contributed by atoms with van der Waals surface area (Å²) in [4.78, 5) is 10.9. The Morgan fingerprint density at radius 1 is 1.47 bits per heavy atom. The molecule has 1 aromatic rings. The van der Waals surface area contributed by atoms with E-state index >= 15 is 0 Å². The Hall–Kier alpha value is -1.40. The number of nitrogens with two attached hydrogens (primary N) is 1. The van der Waals surface area contributed by atoms with Crippen molar-refractivity contribution < 1.29 is 17.9 Å². The summed E-state index contributed by atoms with van der Waals surface area (Å²) in [6, 6.07) is 5.69. The lowest BCUT2D eigenvalue weighted by Crippen LogP contribution is -2.19. The van der Waals surface area contributed by atoms with Crippen molar-refractivity contribution >= 4 is 15.8 Å². The molecular weight excluding hydrogens is 218 g/mol. The summed E-state index contributed by atoms with van der Waals surface area (Å²) in [7, 11) is -3.29. The summed E-state index contributed by atoms with van der Waals surface area (Å²) in [5, 5.41) is 0. The van der Waals surface area contributed by atoms with E-state index in [0.717, 1.165) is 6.26 Å². The van der Waals surface area contributed by atoms with E-state index < -0.39 is 15.8 Å². The number of sulfone groups is 1. The van der Waals surface area contributed by atoms with E-state index in [1.807, 2.05) is 0 Å². The first-order valence-electron chi connectivity index (χ1n) is 4.14. The van der Waals surface area contributed by atoms with Crippen molar-refractivity contribution in [1.29, 1.82) is 0 Å². The fourth-order valence-electron chi connectivity index (χ4n) is 0.941. The molecule has 0 amide bonds. The van der Waals surface area contributed by atoms with Crippen molar-refractivity contribution in [2.75, 3.05) is 12.8 Å². The highest BCUT2D eigenvalue weighted by atomic mass is 32.2. The molecule has 0 aromatic heterocycles. The van der Waals surface area contributed by atoms with Gasteiger partial charge in [0.2, 0.25) is 0 Å². The molecule has 82 valence electrons. The molecule has 0 aliphatic heterocycles. The van der Waals surface area contributed by atoms with Crippen LogP contribution in [0.3, 0.4) is 0 Å². The Kier molecular flexibility index (Phi) is 3.43. The van der Waals surface area contributed by atoms with E-state index in [1.165, 1.54) is 24.3 Å². The minimum absolute atomic E-state index is 0.102. The molecular formula is C9H11NO4S. The minimum atomic E-state index is -3.29. The van der Waals surface area contributed by atoms with Gasteiger partial charge >= 0.3 is 5.97 Å². The zero-order valence-electron chi connectivity index (χ0n) is 8.14. The standard InChI is InChI=1S/C9H11NO4S/c1-15(12,13)8-4-2-3-7(5-8)14-9(11)6-10/h2-5H,6,10H2,1H3. The highest BCUT2D eigenvalue weighted by Crippen LogP contribution is 2.17. The zero-order valence-corrected chi connectivity index (χ0v) is 8.95. The van der Waals surface area contributed by atoms with Gasteiger partial charge in [0, 0.05) is 6.26 Å². The van der Waals surface area contributed by atoms with Crippen LogP contribution in [0.2, 0.25) is 0 Å². The third-order valence-electron chi connectivity index (χ3n) is 1.63. The molecule has 0 fully saturated rings. The van der Waals surface area contributed by atoms with Gasteiger partial charge in [0.25, 0.3) is 0 Å². The molecule has 0 radical (unpaired) electrons. The van der Waals surface area contributed by atoms with Gasteiger partial charge in [0.05, 0.1) is 11.4 Å². The van der Waals surface area contributed by atoms with Crippen molar-refractivity contribution in [1.82, 2.24) is 0 Å². The molecule has 2 N–H and O–H groups in total. The highest BCUT2D eigenvalue weighted by molar-refractivity contribution is 7.90. The number of hydrogen-bond donors (Lipinski definition) is 1. The predicted octanol–water partition coefficient (Wildman–Crippen LogP) is -0.0458. The van der Waals surface area contributed by atoms with E-state index in [9.17, 15) is 13.2 Å². The van der Waals surface area contributed by atoms with E-state index in [1.54, 1.807) is 0 Å². The van der Waals surface area contributed by atoms with Gasteiger partial charge in [0.15, 0.2) is 9.84 Å². The Bertz CT molecular complexity index is 467. The van der Waals surface area contributed by atoms with E-state index in [2.05, 4.69) is 0 Å². The molecule has 0 heterocycles. The van der Waals surface area contributed by atoms with E-state index in [0.29, 0.717) is 0 Å². The number of ether oxygens (including phenoxy) is 1. The molecule has 0 saturated carbocycles. The topological polar surface area (TPSA) is 86.5 Å². The average molecular weight is 229 g/mol. The molecule has 15 heavy (non-hydrogen) atoms. The highest BCUT2D eigenvalue weighted by Gasteiger charge is 2.09. The number of hydrogen-bond acceptors (Lipinski definition) is 5. The smallest absolute Gasteiger partial charge is 0.325 e. The van der Waals surface area contributed by atoms with Gasteiger partial charge in [-0.3, -0.25) is 4.79 Å². The fraction of sp³-hybridized carbons (Fsp3) is 0.222. The van der Waals surface area contributed by atoms with Gasteiger partial charge in [-0.25, -0.2) is 8.42 Å². The molecule has 1 rings (SSSR count). The monoisotopic (exact) mass is 229 g/mol. The summed E-state index contributed by atoms with van der Waals surface area (Å²) in [6.07, 6.45) is 1.08. The Morgan fingerprint density at radius 2 is 2.13 bits per heavy atom. The second kappa shape index (κ2) is 4.41. The lowest BCUT2D eigenvalue weighted by atomic mass is 10.3. The normalized spacial score (nSPS) is 11.1. The summed E-state index contributed by atoms with van der Waals surface area (Å²) in [5.74, 6) is -0.436. The zero-order chi connectivity index (χ0) is 11.5. The van der Waals surface area contributed by atoms with Gasteiger partial charge in [0.1, 0.15) is 5.75 Å². The van der Waals surface area contributed by atoms with E-state index in [-0.39, 0.29) is 17.2 Å². The van der Waals surface area contributed by atoms with Crippen LogP contribution in [0, 0.1) is 0 Å². The van der Waals surface area contributed by atoms with Crippen LogP contribution in [-0.2, 0) is 14.6 Å². The minimum Gasteiger partial charge on any atom is -0.426 e. The number of carbonyl (C=O) groups excluding carboxylic acids is 1. The maximum absolute atomic E-state index is 11.2.